The van der Waals surface area contributed by atoms with Crippen molar-refractivity contribution in [3.05, 3.63) is 0 Å². The van der Waals surface area contributed by atoms with Gasteiger partial charge in [-0.05, 0) is 25.3 Å². The van der Waals surface area contributed by atoms with Crippen molar-refractivity contribution >= 4 is 36.3 Å². The van der Waals surface area contributed by atoms with Gasteiger partial charge in [-0.15, -0.1) is 0 Å². The van der Waals surface area contributed by atoms with Crippen LogP contribution in [0.1, 0.15) is 39.5 Å². The fourth-order valence-electron chi connectivity index (χ4n) is 2.31. The molecule has 0 radical (unpaired) electrons. The van der Waals surface area contributed by atoms with Crippen LogP contribution in [-0.4, -0.2) is 65.8 Å². The number of hydrogen-bond donors (Lipinski definition) is 7. The Hall–Kier alpha value is -1.85. The molecule has 0 saturated heterocycles. The molecule has 0 saturated carbocycles. The van der Waals surface area contributed by atoms with Crippen LogP contribution in [0.25, 0.3) is 0 Å². The van der Waals surface area contributed by atoms with Crippen molar-refractivity contribution in [3.63, 3.8) is 0 Å². The first-order chi connectivity index (χ1) is 13.2. The second-order valence-corrected chi connectivity index (χ2v) is 6.99. The monoisotopic (exact) mass is 419 g/mol. The highest BCUT2D eigenvalue weighted by atomic mass is 32.1. The van der Waals surface area contributed by atoms with Gasteiger partial charge in [0.2, 0.25) is 17.7 Å². The molecule has 0 rings (SSSR count). The highest BCUT2D eigenvalue weighted by Gasteiger charge is 2.26. The van der Waals surface area contributed by atoms with Gasteiger partial charge >= 0.3 is 5.97 Å². The minimum absolute atomic E-state index is 0.0132. The Morgan fingerprint density at radius 2 is 1.75 bits per heavy atom. The normalized spacial score (nSPS) is 15.0. The number of carboxylic acids is 1. The lowest BCUT2D eigenvalue weighted by molar-refractivity contribution is -0.143. The molecule has 28 heavy (non-hydrogen) atoms. The number of nitrogens with two attached hydrogens (primary N) is 2. The molecule has 0 fully saturated rings. The van der Waals surface area contributed by atoms with Gasteiger partial charge in [0.25, 0.3) is 0 Å². The van der Waals surface area contributed by atoms with Gasteiger partial charge in [-0.2, -0.15) is 12.6 Å². The Balaban J connectivity index is 4.54. The van der Waals surface area contributed by atoms with Crippen LogP contribution in [0.5, 0.6) is 0 Å². The van der Waals surface area contributed by atoms with E-state index in [1.807, 2.05) is 6.92 Å². The lowest BCUT2D eigenvalue weighted by Crippen LogP contribution is -2.54. The summed E-state index contributed by atoms with van der Waals surface area (Å²) in [5.41, 5.74) is 11.2. The Kier molecular flexibility index (Phi) is 13.3. The van der Waals surface area contributed by atoms with Crippen LogP contribution in [0.3, 0.4) is 0 Å². The molecule has 0 aromatic carbocycles. The van der Waals surface area contributed by atoms with Crippen LogP contribution in [0, 0.1) is 5.92 Å². The molecule has 0 aliphatic carbocycles. The van der Waals surface area contributed by atoms with Gasteiger partial charge in [-0.3, -0.25) is 14.4 Å². The van der Waals surface area contributed by atoms with E-state index in [9.17, 15) is 24.3 Å². The van der Waals surface area contributed by atoms with Crippen LogP contribution in [0.2, 0.25) is 0 Å². The van der Waals surface area contributed by atoms with E-state index in [4.69, 9.17) is 11.5 Å². The minimum Gasteiger partial charge on any atom is -0.480 e. The maximum absolute atomic E-state index is 12.2. The van der Waals surface area contributed by atoms with Crippen LogP contribution in [0.4, 0.5) is 0 Å². The largest absolute Gasteiger partial charge is 0.480 e. The summed E-state index contributed by atoms with van der Waals surface area (Å²) in [6.07, 6.45) is 2.46. The van der Waals surface area contributed by atoms with E-state index < -0.39 is 48.4 Å². The highest BCUT2D eigenvalue weighted by molar-refractivity contribution is 7.80. The molecule has 0 spiro atoms. The molecule has 11 heteroatoms. The zero-order chi connectivity index (χ0) is 21.7. The summed E-state index contributed by atoms with van der Waals surface area (Å²) in [7, 11) is 0. The zero-order valence-corrected chi connectivity index (χ0v) is 17.3. The molecule has 0 aromatic heterocycles. The summed E-state index contributed by atoms with van der Waals surface area (Å²) >= 11 is 4.04. The van der Waals surface area contributed by atoms with Gasteiger partial charge in [0.1, 0.15) is 12.1 Å². The fourth-order valence-corrected chi connectivity index (χ4v) is 2.57. The van der Waals surface area contributed by atoms with Gasteiger partial charge in [-0.1, -0.05) is 26.7 Å². The van der Waals surface area contributed by atoms with Crippen LogP contribution >= 0.6 is 12.6 Å². The first-order valence-corrected chi connectivity index (χ1v) is 9.97. The number of thiol groups is 1. The lowest BCUT2D eigenvalue weighted by atomic mass is 9.99. The van der Waals surface area contributed by atoms with Gasteiger partial charge < -0.3 is 32.5 Å². The summed E-state index contributed by atoms with van der Waals surface area (Å²) < 4.78 is 0. The quantitative estimate of drug-likeness (QED) is 0.134. The molecule has 0 bridgehead atoms. The first-order valence-electron chi connectivity index (χ1n) is 9.34. The summed E-state index contributed by atoms with van der Waals surface area (Å²) in [4.78, 5) is 47.4. The zero-order valence-electron chi connectivity index (χ0n) is 16.4. The number of carboxylic acid groups (broad SMARTS) is 1. The molecule has 10 nitrogen and oxygen atoms in total. The average molecular weight is 420 g/mol. The van der Waals surface area contributed by atoms with E-state index in [1.165, 1.54) is 0 Å². The standard InChI is InChI=1S/C17H33N5O5S/c1-3-10(2)14(17(26)27)22-13(23)8-20-16(25)12(9-28)21-15(24)11(19)6-4-5-7-18/h10-12,14,28H,3-9,18-19H2,1-2H3,(H,20,25)(H,21,24)(H,22,23)(H,26,27). The van der Waals surface area contributed by atoms with Crippen molar-refractivity contribution in [3.8, 4) is 0 Å². The molecular weight excluding hydrogens is 386 g/mol. The van der Waals surface area contributed by atoms with Crippen molar-refractivity contribution in [2.75, 3.05) is 18.8 Å². The average Bonchev–Trinajstić information content (AvgIpc) is 2.67. The van der Waals surface area contributed by atoms with Crippen LogP contribution < -0.4 is 27.4 Å². The summed E-state index contributed by atoms with van der Waals surface area (Å²) in [6.45, 7) is 3.62. The highest BCUT2D eigenvalue weighted by Crippen LogP contribution is 2.07. The number of nitrogens with one attached hydrogen (secondary N) is 3. The van der Waals surface area contributed by atoms with Gasteiger partial charge in [0, 0.05) is 5.75 Å². The first kappa shape index (κ1) is 26.1. The number of carbonyl (C=O) groups excluding carboxylic acids is 3. The minimum atomic E-state index is -1.14. The molecule has 4 atom stereocenters. The molecule has 8 N–H and O–H groups in total. The van der Waals surface area contributed by atoms with Crippen molar-refractivity contribution < 1.29 is 24.3 Å². The maximum Gasteiger partial charge on any atom is 0.326 e. The second-order valence-electron chi connectivity index (χ2n) is 6.62. The molecule has 0 heterocycles. The van der Waals surface area contributed by atoms with Gasteiger partial charge in [0.15, 0.2) is 0 Å². The summed E-state index contributed by atoms with van der Waals surface area (Å²) in [6, 6.07) is -2.77. The fraction of sp³-hybridized carbons (Fsp3) is 0.765. The number of aliphatic carboxylic acids is 1. The van der Waals surface area contributed by atoms with Crippen LogP contribution in [-0.2, 0) is 19.2 Å². The SMILES string of the molecule is CCC(C)C(NC(=O)CNC(=O)C(CS)NC(=O)C(N)CCCCN)C(=O)O. The Bertz CT molecular complexity index is 534. The van der Waals surface area contributed by atoms with E-state index in [-0.39, 0.29) is 11.7 Å². The number of hydrogen-bond acceptors (Lipinski definition) is 7. The third-order valence-corrected chi connectivity index (χ3v) is 4.71. The molecule has 0 aromatic rings. The van der Waals surface area contributed by atoms with Crippen molar-refractivity contribution in [2.24, 2.45) is 17.4 Å². The number of carbonyl (C=O) groups is 4. The third kappa shape index (κ3) is 9.90. The summed E-state index contributed by atoms with van der Waals surface area (Å²) in [5.74, 6) is -3.12. The molecule has 4 unspecified atom stereocenters. The number of amides is 3. The van der Waals surface area contributed by atoms with Crippen LogP contribution in [0.15, 0.2) is 0 Å². The Labute approximate surface area is 171 Å². The third-order valence-electron chi connectivity index (χ3n) is 4.34. The lowest BCUT2D eigenvalue weighted by Gasteiger charge is -2.21. The maximum atomic E-state index is 12.2. The molecule has 3 amide bonds. The number of unbranched alkanes of at least 4 members (excludes halogenated alkanes) is 1. The van der Waals surface area contributed by atoms with Gasteiger partial charge in [-0.25, -0.2) is 4.79 Å². The van der Waals surface area contributed by atoms with E-state index in [2.05, 4.69) is 28.6 Å². The van der Waals surface area contributed by atoms with Crippen molar-refractivity contribution in [1.29, 1.82) is 0 Å². The molecule has 0 aliphatic rings. The second kappa shape index (κ2) is 14.2. The van der Waals surface area contributed by atoms with E-state index in [0.717, 1.165) is 6.42 Å². The molecule has 162 valence electrons. The topological polar surface area (TPSA) is 177 Å². The van der Waals surface area contributed by atoms with E-state index in [0.29, 0.717) is 25.8 Å². The van der Waals surface area contributed by atoms with Gasteiger partial charge in [0.05, 0.1) is 12.6 Å². The summed E-state index contributed by atoms with van der Waals surface area (Å²) in [5, 5.41) is 16.4. The Morgan fingerprint density at radius 1 is 1.11 bits per heavy atom. The molecule has 0 aliphatic heterocycles. The van der Waals surface area contributed by atoms with Crippen molar-refractivity contribution in [2.45, 2.75) is 57.7 Å². The van der Waals surface area contributed by atoms with E-state index >= 15 is 0 Å². The smallest absolute Gasteiger partial charge is 0.326 e. The van der Waals surface area contributed by atoms with E-state index in [1.54, 1.807) is 6.92 Å². The number of rotatable bonds is 14. The van der Waals surface area contributed by atoms with Crippen molar-refractivity contribution in [1.82, 2.24) is 16.0 Å². The Morgan fingerprint density at radius 3 is 2.25 bits per heavy atom. The molecular formula is C17H33N5O5S. The predicted octanol–water partition coefficient (Wildman–Crippen LogP) is -1.41. The predicted molar refractivity (Wildman–Crippen MR) is 109 cm³/mol.